The Balaban J connectivity index is 1.78. The molecule has 0 aliphatic heterocycles. The summed E-state index contributed by atoms with van der Waals surface area (Å²) in [5.74, 6) is 0. The summed E-state index contributed by atoms with van der Waals surface area (Å²) in [4.78, 5) is 18.9. The van der Waals surface area contributed by atoms with E-state index in [0.717, 1.165) is 16.6 Å². The van der Waals surface area contributed by atoms with Gasteiger partial charge in [-0.15, -0.1) is 0 Å². The largest absolute Gasteiger partial charge is 0.361 e. The maximum absolute atomic E-state index is 11.9. The average Bonchev–Trinajstić information content (AvgIpc) is 2.89. The van der Waals surface area contributed by atoms with Gasteiger partial charge in [0.2, 0.25) is 0 Å². The van der Waals surface area contributed by atoms with Crippen molar-refractivity contribution in [1.29, 1.82) is 0 Å². The molecule has 0 aliphatic rings. The van der Waals surface area contributed by atoms with E-state index in [1.807, 2.05) is 30.5 Å². The van der Waals surface area contributed by atoms with E-state index in [-0.39, 0.29) is 6.03 Å². The van der Waals surface area contributed by atoms with E-state index in [1.165, 1.54) is 0 Å². The van der Waals surface area contributed by atoms with Gasteiger partial charge in [0.15, 0.2) is 0 Å². The highest BCUT2D eigenvalue weighted by atomic mass is 16.2. The van der Waals surface area contributed by atoms with Gasteiger partial charge in [-0.05, 0) is 30.3 Å². The molecular weight excluding hydrogens is 240 g/mol. The van der Waals surface area contributed by atoms with Gasteiger partial charge in [0.25, 0.3) is 0 Å². The number of anilines is 2. The molecule has 0 spiro atoms. The summed E-state index contributed by atoms with van der Waals surface area (Å²) in [6, 6.07) is 10.9. The molecule has 0 fully saturated rings. The molecule has 0 radical (unpaired) electrons. The molecule has 3 N–H and O–H groups in total. The molecule has 1 aromatic carbocycles. The normalized spacial score (nSPS) is 10.3. The summed E-state index contributed by atoms with van der Waals surface area (Å²) in [6.45, 7) is 0. The van der Waals surface area contributed by atoms with Gasteiger partial charge in [-0.25, -0.2) is 4.79 Å². The third-order valence-electron chi connectivity index (χ3n) is 2.76. The Morgan fingerprint density at radius 1 is 1.11 bits per heavy atom. The number of aromatic nitrogens is 2. The van der Waals surface area contributed by atoms with Crippen LogP contribution in [0.1, 0.15) is 0 Å². The van der Waals surface area contributed by atoms with Gasteiger partial charge in [-0.3, -0.25) is 4.98 Å². The Kier molecular flexibility index (Phi) is 2.86. The van der Waals surface area contributed by atoms with Crippen molar-refractivity contribution in [2.45, 2.75) is 0 Å². The Hall–Kier alpha value is -2.82. The molecule has 0 atom stereocenters. The Bertz CT molecular complexity index is 706. The van der Waals surface area contributed by atoms with Crippen molar-refractivity contribution in [2.24, 2.45) is 0 Å². The number of H-pyrrole nitrogens is 1. The van der Waals surface area contributed by atoms with Gasteiger partial charge in [0.1, 0.15) is 0 Å². The minimum Gasteiger partial charge on any atom is -0.361 e. The number of urea groups is 1. The van der Waals surface area contributed by atoms with Crippen LogP contribution in [-0.4, -0.2) is 16.0 Å². The summed E-state index contributed by atoms with van der Waals surface area (Å²) in [5, 5.41) is 6.52. The van der Waals surface area contributed by atoms with E-state index in [2.05, 4.69) is 20.6 Å². The number of aromatic amines is 1. The lowest BCUT2D eigenvalue weighted by Gasteiger charge is -2.08. The molecule has 0 saturated carbocycles. The van der Waals surface area contributed by atoms with Crippen molar-refractivity contribution < 1.29 is 4.79 Å². The third kappa shape index (κ3) is 2.40. The lowest BCUT2D eigenvalue weighted by Crippen LogP contribution is -2.19. The van der Waals surface area contributed by atoms with Gasteiger partial charge < -0.3 is 15.6 Å². The molecule has 0 aliphatic carbocycles. The van der Waals surface area contributed by atoms with E-state index in [9.17, 15) is 4.79 Å². The fourth-order valence-corrected chi connectivity index (χ4v) is 1.92. The summed E-state index contributed by atoms with van der Waals surface area (Å²) < 4.78 is 0. The summed E-state index contributed by atoms with van der Waals surface area (Å²) in [5.41, 5.74) is 2.40. The number of pyridine rings is 1. The van der Waals surface area contributed by atoms with Crippen LogP contribution >= 0.6 is 0 Å². The van der Waals surface area contributed by atoms with Crippen molar-refractivity contribution in [1.82, 2.24) is 9.97 Å². The standard InChI is InChI=1S/C14H12N4O/c19-14(17-10-3-2-7-15-9-10)18-13-5-1-4-12-11(13)6-8-16-12/h1-9,16H,(H2,17,18,19). The van der Waals surface area contributed by atoms with Gasteiger partial charge in [-0.1, -0.05) is 6.07 Å². The minimum absolute atomic E-state index is 0.290. The minimum atomic E-state index is -0.290. The van der Waals surface area contributed by atoms with Gasteiger partial charge in [0, 0.05) is 23.3 Å². The number of hydrogen-bond donors (Lipinski definition) is 3. The number of fused-ring (bicyclic) bond motifs is 1. The van der Waals surface area contributed by atoms with E-state index in [1.54, 1.807) is 24.5 Å². The van der Waals surface area contributed by atoms with Crippen molar-refractivity contribution in [2.75, 3.05) is 10.6 Å². The first-order valence-corrected chi connectivity index (χ1v) is 5.87. The Morgan fingerprint density at radius 2 is 2.05 bits per heavy atom. The highest BCUT2D eigenvalue weighted by Gasteiger charge is 2.06. The molecule has 5 heteroatoms. The molecular formula is C14H12N4O. The quantitative estimate of drug-likeness (QED) is 0.655. The first kappa shape index (κ1) is 11.3. The number of benzene rings is 1. The second kappa shape index (κ2) is 4.81. The molecule has 3 aromatic rings. The van der Waals surface area contributed by atoms with Crippen LogP contribution in [-0.2, 0) is 0 Å². The number of rotatable bonds is 2. The molecule has 0 saturated heterocycles. The molecule has 2 heterocycles. The molecule has 94 valence electrons. The van der Waals surface area contributed by atoms with Crippen molar-refractivity contribution in [3.63, 3.8) is 0 Å². The maximum atomic E-state index is 11.9. The monoisotopic (exact) mass is 252 g/mol. The molecule has 2 aromatic heterocycles. The fraction of sp³-hybridized carbons (Fsp3) is 0. The van der Waals surface area contributed by atoms with Crippen LogP contribution in [0.5, 0.6) is 0 Å². The summed E-state index contributed by atoms with van der Waals surface area (Å²) >= 11 is 0. The number of amides is 2. The molecule has 5 nitrogen and oxygen atoms in total. The number of nitrogens with one attached hydrogen (secondary N) is 3. The van der Waals surface area contributed by atoms with Crippen LogP contribution in [0, 0.1) is 0 Å². The second-order valence-electron chi connectivity index (χ2n) is 4.07. The number of carbonyl (C=O) groups excluding carboxylic acids is 1. The van der Waals surface area contributed by atoms with E-state index in [0.29, 0.717) is 5.69 Å². The molecule has 3 rings (SSSR count). The topological polar surface area (TPSA) is 69.8 Å². The molecule has 2 amide bonds. The number of nitrogens with zero attached hydrogens (tertiary/aromatic N) is 1. The Morgan fingerprint density at radius 3 is 2.89 bits per heavy atom. The predicted octanol–water partition coefficient (Wildman–Crippen LogP) is 3.21. The smallest absolute Gasteiger partial charge is 0.323 e. The lowest BCUT2D eigenvalue weighted by atomic mass is 10.2. The van der Waals surface area contributed by atoms with E-state index < -0.39 is 0 Å². The lowest BCUT2D eigenvalue weighted by molar-refractivity contribution is 0.262. The SMILES string of the molecule is O=C(Nc1cccnc1)Nc1cccc2[nH]ccc12. The van der Waals surface area contributed by atoms with Crippen LogP contribution in [0.4, 0.5) is 16.2 Å². The third-order valence-corrected chi connectivity index (χ3v) is 2.76. The van der Waals surface area contributed by atoms with Crippen molar-refractivity contribution >= 4 is 28.3 Å². The zero-order valence-corrected chi connectivity index (χ0v) is 10.1. The summed E-state index contributed by atoms with van der Waals surface area (Å²) in [6.07, 6.45) is 5.09. The number of carbonyl (C=O) groups is 1. The van der Waals surface area contributed by atoms with Gasteiger partial charge in [0.05, 0.1) is 17.6 Å². The van der Waals surface area contributed by atoms with Crippen molar-refractivity contribution in [3.8, 4) is 0 Å². The maximum Gasteiger partial charge on any atom is 0.323 e. The van der Waals surface area contributed by atoms with E-state index in [4.69, 9.17) is 0 Å². The van der Waals surface area contributed by atoms with Crippen LogP contribution in [0.15, 0.2) is 55.0 Å². The molecule has 0 unspecified atom stereocenters. The van der Waals surface area contributed by atoms with Crippen LogP contribution in [0.25, 0.3) is 10.9 Å². The first-order valence-electron chi connectivity index (χ1n) is 5.87. The molecule has 19 heavy (non-hydrogen) atoms. The first-order chi connectivity index (χ1) is 9.33. The predicted molar refractivity (Wildman–Crippen MR) is 75.2 cm³/mol. The zero-order valence-electron chi connectivity index (χ0n) is 10.1. The van der Waals surface area contributed by atoms with Crippen LogP contribution in [0.2, 0.25) is 0 Å². The Labute approximate surface area is 109 Å². The molecule has 0 bridgehead atoms. The summed E-state index contributed by atoms with van der Waals surface area (Å²) in [7, 11) is 0. The fourth-order valence-electron chi connectivity index (χ4n) is 1.92. The zero-order chi connectivity index (χ0) is 13.1. The van der Waals surface area contributed by atoms with Crippen LogP contribution < -0.4 is 10.6 Å². The highest BCUT2D eigenvalue weighted by Crippen LogP contribution is 2.22. The highest BCUT2D eigenvalue weighted by molar-refractivity contribution is 6.05. The van der Waals surface area contributed by atoms with Crippen LogP contribution in [0.3, 0.4) is 0 Å². The average molecular weight is 252 g/mol. The van der Waals surface area contributed by atoms with Crippen molar-refractivity contribution in [3.05, 3.63) is 55.0 Å². The van der Waals surface area contributed by atoms with Gasteiger partial charge in [-0.2, -0.15) is 0 Å². The number of hydrogen-bond acceptors (Lipinski definition) is 2. The second-order valence-corrected chi connectivity index (χ2v) is 4.07. The van der Waals surface area contributed by atoms with E-state index >= 15 is 0 Å². The van der Waals surface area contributed by atoms with Gasteiger partial charge >= 0.3 is 6.03 Å².